The summed E-state index contributed by atoms with van der Waals surface area (Å²) in [5, 5.41) is 2.84. The predicted octanol–water partition coefficient (Wildman–Crippen LogP) is 2.24. The van der Waals surface area contributed by atoms with Crippen LogP contribution in [0.25, 0.3) is 0 Å². The van der Waals surface area contributed by atoms with Crippen LogP contribution in [0.5, 0.6) is 5.75 Å². The first-order valence-electron chi connectivity index (χ1n) is 8.65. The summed E-state index contributed by atoms with van der Waals surface area (Å²) in [7, 11) is 3.11. The number of fused-ring (bicyclic) bond motifs is 3. The Morgan fingerprint density at radius 2 is 1.93 bits per heavy atom. The largest absolute Gasteiger partial charge is 0.497 e. The molecule has 3 amide bonds. The number of anilines is 2. The Labute approximate surface area is 156 Å². The van der Waals surface area contributed by atoms with E-state index in [0.717, 1.165) is 0 Å². The van der Waals surface area contributed by atoms with E-state index in [-0.39, 0.29) is 24.7 Å². The van der Waals surface area contributed by atoms with Gasteiger partial charge in [-0.3, -0.25) is 19.3 Å². The summed E-state index contributed by atoms with van der Waals surface area (Å²) in [6.45, 7) is 0. The molecule has 2 aliphatic heterocycles. The van der Waals surface area contributed by atoms with Gasteiger partial charge in [-0.2, -0.15) is 0 Å². The zero-order valence-electron chi connectivity index (χ0n) is 15.1. The van der Waals surface area contributed by atoms with Crippen molar-refractivity contribution >= 4 is 29.1 Å². The molecule has 1 N–H and O–H groups in total. The molecule has 7 nitrogen and oxygen atoms in total. The second kappa shape index (κ2) is 6.12. The third kappa shape index (κ3) is 2.38. The van der Waals surface area contributed by atoms with Crippen molar-refractivity contribution in [2.75, 3.05) is 24.4 Å². The van der Waals surface area contributed by atoms with E-state index in [4.69, 9.17) is 4.74 Å². The van der Waals surface area contributed by atoms with E-state index in [9.17, 15) is 14.4 Å². The summed E-state index contributed by atoms with van der Waals surface area (Å²) in [6, 6.07) is 13.8. The second-order valence-corrected chi connectivity index (χ2v) is 6.61. The SMILES string of the molecule is COc1cccc(NC(=O)[C@]23CCC(=O)N2c2ccccc2C(=O)N3C)c1. The summed E-state index contributed by atoms with van der Waals surface area (Å²) in [5.41, 5.74) is 0.0441. The van der Waals surface area contributed by atoms with Gasteiger partial charge in [-0.1, -0.05) is 18.2 Å². The molecule has 0 saturated carbocycles. The molecule has 0 spiro atoms. The van der Waals surface area contributed by atoms with Crippen LogP contribution in [0.4, 0.5) is 11.4 Å². The fourth-order valence-corrected chi connectivity index (χ4v) is 3.86. The van der Waals surface area contributed by atoms with E-state index in [2.05, 4.69) is 5.32 Å². The van der Waals surface area contributed by atoms with Crippen molar-refractivity contribution in [3.05, 3.63) is 54.1 Å². The lowest BCUT2D eigenvalue weighted by atomic mass is 9.96. The van der Waals surface area contributed by atoms with Gasteiger partial charge in [0.05, 0.1) is 18.4 Å². The predicted molar refractivity (Wildman–Crippen MR) is 99.6 cm³/mol. The Hall–Kier alpha value is -3.35. The van der Waals surface area contributed by atoms with Crippen molar-refractivity contribution in [2.45, 2.75) is 18.5 Å². The normalized spacial score (nSPS) is 21.0. The minimum absolute atomic E-state index is 0.178. The number of ether oxygens (including phenoxy) is 1. The van der Waals surface area contributed by atoms with Crippen molar-refractivity contribution in [3.8, 4) is 5.75 Å². The van der Waals surface area contributed by atoms with Gasteiger partial charge < -0.3 is 15.0 Å². The highest BCUT2D eigenvalue weighted by Crippen LogP contribution is 2.44. The lowest BCUT2D eigenvalue weighted by Gasteiger charge is -2.47. The molecule has 0 aliphatic carbocycles. The Morgan fingerprint density at radius 3 is 2.70 bits per heavy atom. The molecule has 1 fully saturated rings. The van der Waals surface area contributed by atoms with Crippen molar-refractivity contribution in [1.29, 1.82) is 0 Å². The molecular weight excluding hydrogens is 346 g/mol. The average molecular weight is 365 g/mol. The van der Waals surface area contributed by atoms with Crippen LogP contribution in [0.15, 0.2) is 48.5 Å². The number of amides is 3. The Morgan fingerprint density at radius 1 is 1.15 bits per heavy atom. The number of hydrogen-bond acceptors (Lipinski definition) is 4. The number of benzene rings is 2. The Balaban J connectivity index is 1.78. The van der Waals surface area contributed by atoms with Gasteiger partial charge in [0.25, 0.3) is 11.8 Å². The Bertz CT molecular complexity index is 958. The van der Waals surface area contributed by atoms with Crippen molar-refractivity contribution in [1.82, 2.24) is 4.90 Å². The van der Waals surface area contributed by atoms with Crippen molar-refractivity contribution < 1.29 is 19.1 Å². The minimum atomic E-state index is -1.38. The minimum Gasteiger partial charge on any atom is -0.497 e. The quantitative estimate of drug-likeness (QED) is 0.905. The van der Waals surface area contributed by atoms with Crippen LogP contribution in [0.3, 0.4) is 0 Å². The van der Waals surface area contributed by atoms with Gasteiger partial charge in [-0.15, -0.1) is 0 Å². The number of rotatable bonds is 3. The van der Waals surface area contributed by atoms with Gasteiger partial charge in [-0.25, -0.2) is 0 Å². The van der Waals surface area contributed by atoms with E-state index in [1.54, 1.807) is 62.7 Å². The van der Waals surface area contributed by atoms with E-state index in [1.807, 2.05) is 0 Å². The molecule has 1 saturated heterocycles. The number of hydrogen-bond donors (Lipinski definition) is 1. The van der Waals surface area contributed by atoms with Gasteiger partial charge in [0.2, 0.25) is 11.6 Å². The number of methoxy groups -OCH3 is 1. The van der Waals surface area contributed by atoms with Gasteiger partial charge >= 0.3 is 0 Å². The number of nitrogens with one attached hydrogen (secondary N) is 1. The molecule has 0 unspecified atom stereocenters. The van der Waals surface area contributed by atoms with Crippen molar-refractivity contribution in [3.63, 3.8) is 0 Å². The number of likely N-dealkylation sites (N-methyl/N-ethyl adjacent to an activating group) is 1. The highest BCUT2D eigenvalue weighted by molar-refractivity contribution is 6.18. The maximum atomic E-state index is 13.3. The molecule has 2 heterocycles. The molecular formula is C20H19N3O4. The molecule has 27 heavy (non-hydrogen) atoms. The van der Waals surface area contributed by atoms with Crippen LogP contribution in [-0.2, 0) is 9.59 Å². The third-order valence-corrected chi connectivity index (χ3v) is 5.23. The summed E-state index contributed by atoms with van der Waals surface area (Å²) in [5.74, 6) is -0.282. The first kappa shape index (κ1) is 17.1. The maximum absolute atomic E-state index is 13.3. The van der Waals surface area contributed by atoms with Crippen LogP contribution in [0.2, 0.25) is 0 Å². The van der Waals surface area contributed by atoms with Gasteiger partial charge in [0.1, 0.15) is 5.75 Å². The maximum Gasteiger partial charge on any atom is 0.271 e. The van der Waals surface area contributed by atoms with Gasteiger partial charge in [0.15, 0.2) is 0 Å². The molecule has 138 valence electrons. The molecule has 2 aromatic rings. The van der Waals surface area contributed by atoms with Crippen LogP contribution < -0.4 is 15.0 Å². The number of para-hydroxylation sites is 1. The lowest BCUT2D eigenvalue weighted by molar-refractivity contribution is -0.128. The second-order valence-electron chi connectivity index (χ2n) is 6.61. The van der Waals surface area contributed by atoms with Gasteiger partial charge in [0, 0.05) is 31.6 Å². The summed E-state index contributed by atoms with van der Waals surface area (Å²) in [4.78, 5) is 41.8. The highest BCUT2D eigenvalue weighted by atomic mass is 16.5. The molecule has 4 rings (SSSR count). The number of carbonyl (C=O) groups excluding carboxylic acids is 3. The first-order valence-corrected chi connectivity index (χ1v) is 8.65. The highest BCUT2D eigenvalue weighted by Gasteiger charge is 2.59. The molecule has 1 atom stereocenters. The van der Waals surface area contributed by atoms with Gasteiger partial charge in [-0.05, 0) is 24.3 Å². The monoisotopic (exact) mass is 365 g/mol. The first-order chi connectivity index (χ1) is 13.0. The van der Waals surface area contributed by atoms with E-state index >= 15 is 0 Å². The molecule has 7 heteroatoms. The standard InChI is InChI=1S/C20H19N3O4/c1-22-18(25)15-8-3-4-9-16(15)23-17(24)10-11-20(22,23)19(26)21-13-6-5-7-14(12-13)27-2/h3-9,12H,10-11H2,1-2H3,(H,21,26)/t20-/m0/s1. The Kier molecular flexibility index (Phi) is 3.87. The van der Waals surface area contributed by atoms with Crippen LogP contribution >= 0.6 is 0 Å². The van der Waals surface area contributed by atoms with E-state index in [0.29, 0.717) is 22.7 Å². The lowest BCUT2D eigenvalue weighted by Crippen LogP contribution is -2.68. The van der Waals surface area contributed by atoms with Crippen LogP contribution in [0.1, 0.15) is 23.2 Å². The topological polar surface area (TPSA) is 79.0 Å². The molecule has 0 aromatic heterocycles. The van der Waals surface area contributed by atoms with Crippen LogP contribution in [-0.4, -0.2) is 42.4 Å². The summed E-state index contributed by atoms with van der Waals surface area (Å²) in [6.07, 6.45) is 0.426. The average Bonchev–Trinajstić information content (AvgIpc) is 3.05. The third-order valence-electron chi connectivity index (χ3n) is 5.23. The zero-order chi connectivity index (χ0) is 19.2. The molecule has 2 aromatic carbocycles. The summed E-state index contributed by atoms with van der Waals surface area (Å²) >= 11 is 0. The molecule has 0 radical (unpaired) electrons. The van der Waals surface area contributed by atoms with Crippen molar-refractivity contribution in [2.24, 2.45) is 0 Å². The number of carbonyl (C=O) groups is 3. The van der Waals surface area contributed by atoms with E-state index < -0.39 is 11.6 Å². The smallest absolute Gasteiger partial charge is 0.271 e. The number of nitrogens with zero attached hydrogens (tertiary/aromatic N) is 2. The van der Waals surface area contributed by atoms with E-state index in [1.165, 1.54) is 9.80 Å². The fourth-order valence-electron chi connectivity index (χ4n) is 3.86. The molecule has 2 aliphatic rings. The fraction of sp³-hybridized carbons (Fsp3) is 0.250. The van der Waals surface area contributed by atoms with Crippen LogP contribution in [0, 0.1) is 0 Å². The summed E-state index contributed by atoms with van der Waals surface area (Å²) < 4.78 is 5.19. The zero-order valence-corrected chi connectivity index (χ0v) is 15.1. The molecule has 0 bridgehead atoms.